The van der Waals surface area contributed by atoms with Gasteiger partial charge in [-0.15, -0.1) is 0 Å². The number of urea groups is 1. The van der Waals surface area contributed by atoms with Crippen LogP contribution in [0, 0.1) is 0 Å². The van der Waals surface area contributed by atoms with Crippen LogP contribution in [0.4, 0.5) is 10.6 Å². The number of hydrogen-bond acceptors (Lipinski definition) is 5. The van der Waals surface area contributed by atoms with Crippen molar-refractivity contribution in [1.82, 2.24) is 19.4 Å². The van der Waals surface area contributed by atoms with Crippen LogP contribution in [0.25, 0.3) is 21.9 Å². The fourth-order valence-electron chi connectivity index (χ4n) is 4.95. The molecule has 2 heterocycles. The molecule has 2 amide bonds. The lowest BCUT2D eigenvalue weighted by molar-refractivity contribution is 0.161. The molecule has 0 saturated heterocycles. The van der Waals surface area contributed by atoms with Gasteiger partial charge in [-0.05, 0) is 31.7 Å². The van der Waals surface area contributed by atoms with Crippen LogP contribution in [0.15, 0.2) is 24.3 Å². The smallest absolute Gasteiger partial charge is 0.315 e. The van der Waals surface area contributed by atoms with E-state index in [1.807, 2.05) is 23.1 Å². The predicted octanol–water partition coefficient (Wildman–Crippen LogP) is 3.85. The van der Waals surface area contributed by atoms with Crippen LogP contribution in [0.3, 0.4) is 0 Å². The highest BCUT2D eigenvalue weighted by molar-refractivity contribution is 6.06. The van der Waals surface area contributed by atoms with E-state index >= 15 is 0 Å². The van der Waals surface area contributed by atoms with E-state index in [4.69, 9.17) is 21.2 Å². The summed E-state index contributed by atoms with van der Waals surface area (Å²) in [5.41, 5.74) is 14.6. The average Bonchev–Trinajstić information content (AvgIpc) is 3.17. The van der Waals surface area contributed by atoms with Gasteiger partial charge in [-0.25, -0.2) is 14.8 Å². The molecular formula is C24H34N6O2. The number of rotatable bonds is 9. The molecule has 1 aliphatic carbocycles. The standard InChI is InChI=1S/C24H34N6O2/c1-32-16-13-20-28-21-22(18-11-5-6-12-19(18)27-23(21)25)30(20)15-8-7-14-29(24(26)31)17-9-3-2-4-10-17/h5-6,11-12,17H,2-4,7-10,13-16H2,1H3,(H2,25,27)(H2,26,31). The normalized spacial score (nSPS) is 14.9. The number of anilines is 1. The number of nitrogens with two attached hydrogens (primary N) is 2. The monoisotopic (exact) mass is 438 g/mol. The summed E-state index contributed by atoms with van der Waals surface area (Å²) in [6, 6.07) is 8.03. The summed E-state index contributed by atoms with van der Waals surface area (Å²) in [5.74, 6) is 1.40. The van der Waals surface area contributed by atoms with Gasteiger partial charge in [-0.2, -0.15) is 0 Å². The van der Waals surface area contributed by atoms with E-state index < -0.39 is 0 Å². The number of aryl methyl sites for hydroxylation is 1. The molecule has 0 unspecified atom stereocenters. The third-order valence-electron chi connectivity index (χ3n) is 6.55. The van der Waals surface area contributed by atoms with Crippen molar-refractivity contribution in [2.75, 3.05) is 26.0 Å². The number of pyridine rings is 1. The third kappa shape index (κ3) is 4.65. The minimum absolute atomic E-state index is 0.294. The van der Waals surface area contributed by atoms with Gasteiger partial charge in [0.15, 0.2) is 5.82 Å². The Morgan fingerprint density at radius 2 is 1.97 bits per heavy atom. The van der Waals surface area contributed by atoms with Gasteiger partial charge in [-0.3, -0.25) is 0 Å². The van der Waals surface area contributed by atoms with Crippen LogP contribution >= 0.6 is 0 Å². The Labute approximate surface area is 188 Å². The van der Waals surface area contributed by atoms with E-state index in [1.54, 1.807) is 7.11 Å². The number of hydrogen-bond donors (Lipinski definition) is 2. The van der Waals surface area contributed by atoms with Gasteiger partial charge < -0.3 is 25.7 Å². The van der Waals surface area contributed by atoms with Gasteiger partial charge in [0.05, 0.1) is 17.6 Å². The summed E-state index contributed by atoms with van der Waals surface area (Å²) >= 11 is 0. The van der Waals surface area contributed by atoms with E-state index in [0.29, 0.717) is 31.4 Å². The first-order valence-electron chi connectivity index (χ1n) is 11.7. The predicted molar refractivity (Wildman–Crippen MR) is 127 cm³/mol. The van der Waals surface area contributed by atoms with Crippen LogP contribution in [-0.4, -0.2) is 51.8 Å². The highest BCUT2D eigenvalue weighted by Crippen LogP contribution is 2.29. The maximum absolute atomic E-state index is 12.1. The number of methoxy groups -OCH3 is 1. The lowest BCUT2D eigenvalue weighted by Crippen LogP contribution is -2.45. The van der Waals surface area contributed by atoms with Gasteiger partial charge in [0, 0.05) is 38.0 Å². The highest BCUT2D eigenvalue weighted by Gasteiger charge is 2.23. The SMILES string of the molecule is COCCc1nc2c(N)nc3ccccc3c2n1CCCCN(C(N)=O)C1CCCCC1. The Kier molecular flexibility index (Phi) is 7.09. The number of carbonyl (C=O) groups excluding carboxylic acids is 1. The second-order valence-electron chi connectivity index (χ2n) is 8.66. The number of unbranched alkanes of at least 4 members (excludes halogenated alkanes) is 1. The van der Waals surface area contributed by atoms with Gasteiger partial charge in [0.2, 0.25) is 0 Å². The summed E-state index contributed by atoms with van der Waals surface area (Å²) in [6.07, 6.45) is 8.26. The van der Waals surface area contributed by atoms with E-state index in [0.717, 1.165) is 60.0 Å². The maximum Gasteiger partial charge on any atom is 0.315 e. The quantitative estimate of drug-likeness (QED) is 0.493. The van der Waals surface area contributed by atoms with Crippen LogP contribution in [0.2, 0.25) is 0 Å². The molecule has 0 radical (unpaired) electrons. The van der Waals surface area contributed by atoms with Crippen molar-refractivity contribution >= 4 is 33.8 Å². The second kappa shape index (κ2) is 10.2. The fourth-order valence-corrected chi connectivity index (χ4v) is 4.95. The van der Waals surface area contributed by atoms with Crippen LogP contribution in [-0.2, 0) is 17.7 Å². The van der Waals surface area contributed by atoms with E-state index in [2.05, 4.69) is 15.6 Å². The van der Waals surface area contributed by atoms with Crippen LogP contribution in [0.1, 0.15) is 50.8 Å². The van der Waals surface area contributed by atoms with Crippen molar-refractivity contribution in [3.05, 3.63) is 30.1 Å². The van der Waals surface area contributed by atoms with Crippen molar-refractivity contribution < 1.29 is 9.53 Å². The molecule has 0 spiro atoms. The van der Waals surface area contributed by atoms with Crippen LogP contribution in [0.5, 0.6) is 0 Å². The van der Waals surface area contributed by atoms with Gasteiger partial charge in [-0.1, -0.05) is 37.5 Å². The van der Waals surface area contributed by atoms with Crippen molar-refractivity contribution in [2.45, 2.75) is 64.0 Å². The topological polar surface area (TPSA) is 112 Å². The van der Waals surface area contributed by atoms with Crippen molar-refractivity contribution in [3.63, 3.8) is 0 Å². The number of imidazole rings is 1. The van der Waals surface area contributed by atoms with Gasteiger partial charge >= 0.3 is 6.03 Å². The minimum atomic E-state index is -0.296. The Bertz CT molecular complexity index is 1070. The zero-order valence-electron chi connectivity index (χ0n) is 18.9. The minimum Gasteiger partial charge on any atom is -0.384 e. The van der Waals surface area contributed by atoms with Crippen molar-refractivity contribution in [3.8, 4) is 0 Å². The van der Waals surface area contributed by atoms with E-state index in [1.165, 1.54) is 19.3 Å². The Morgan fingerprint density at radius 3 is 2.72 bits per heavy atom. The summed E-state index contributed by atoms with van der Waals surface area (Å²) < 4.78 is 7.56. The molecule has 0 bridgehead atoms. The average molecular weight is 439 g/mol. The Morgan fingerprint density at radius 1 is 1.19 bits per heavy atom. The largest absolute Gasteiger partial charge is 0.384 e. The molecule has 0 aliphatic heterocycles. The van der Waals surface area contributed by atoms with Gasteiger partial charge in [0.25, 0.3) is 0 Å². The van der Waals surface area contributed by atoms with Crippen molar-refractivity contribution in [1.29, 1.82) is 0 Å². The molecule has 8 heteroatoms. The lowest BCUT2D eigenvalue weighted by Gasteiger charge is -2.33. The maximum atomic E-state index is 12.1. The van der Waals surface area contributed by atoms with Crippen molar-refractivity contribution in [2.24, 2.45) is 5.73 Å². The number of para-hydroxylation sites is 1. The molecule has 32 heavy (non-hydrogen) atoms. The molecule has 2 aromatic heterocycles. The Hall–Kier alpha value is -2.87. The Balaban J connectivity index is 1.55. The summed E-state index contributed by atoms with van der Waals surface area (Å²) in [6.45, 7) is 2.08. The lowest BCUT2D eigenvalue weighted by atomic mass is 9.94. The molecule has 1 fully saturated rings. The highest BCUT2D eigenvalue weighted by atomic mass is 16.5. The van der Waals surface area contributed by atoms with E-state index in [9.17, 15) is 4.79 Å². The first-order valence-corrected chi connectivity index (χ1v) is 11.7. The number of aromatic nitrogens is 3. The molecule has 3 aromatic rings. The van der Waals surface area contributed by atoms with Crippen LogP contribution < -0.4 is 11.5 Å². The zero-order valence-corrected chi connectivity index (χ0v) is 18.9. The first-order chi connectivity index (χ1) is 15.6. The molecule has 1 aromatic carbocycles. The molecule has 1 saturated carbocycles. The number of carbonyl (C=O) groups is 1. The second-order valence-corrected chi connectivity index (χ2v) is 8.66. The number of nitrogen functional groups attached to an aromatic ring is 1. The number of ether oxygens (including phenoxy) is 1. The number of nitrogens with zero attached hydrogens (tertiary/aromatic N) is 4. The number of fused-ring (bicyclic) bond motifs is 3. The molecule has 4 rings (SSSR count). The molecule has 8 nitrogen and oxygen atoms in total. The number of benzene rings is 1. The van der Waals surface area contributed by atoms with Gasteiger partial charge in [0.1, 0.15) is 11.3 Å². The summed E-state index contributed by atoms with van der Waals surface area (Å²) in [5, 5.41) is 1.05. The summed E-state index contributed by atoms with van der Waals surface area (Å²) in [7, 11) is 1.70. The number of primary amides is 1. The summed E-state index contributed by atoms with van der Waals surface area (Å²) in [4.78, 5) is 23.3. The molecule has 4 N–H and O–H groups in total. The van der Waals surface area contributed by atoms with E-state index in [-0.39, 0.29) is 6.03 Å². The molecule has 0 atom stereocenters. The molecule has 172 valence electrons. The zero-order chi connectivity index (χ0) is 22.5. The third-order valence-corrected chi connectivity index (χ3v) is 6.55. The molecule has 1 aliphatic rings. The first kappa shape index (κ1) is 22.3. The fraction of sp³-hybridized carbons (Fsp3) is 0.542. The molecular weight excluding hydrogens is 404 g/mol. The number of amides is 2.